The molecule has 1 N–H and O–H groups in total. The molecule has 18 heavy (non-hydrogen) atoms. The van der Waals surface area contributed by atoms with Gasteiger partial charge in [0.25, 0.3) is 0 Å². The van der Waals surface area contributed by atoms with E-state index in [1.807, 2.05) is 13.8 Å². The largest absolute Gasteiger partial charge is 0.353 e. The van der Waals surface area contributed by atoms with Gasteiger partial charge in [0, 0.05) is 38.8 Å². The molecule has 0 aromatic rings. The third-order valence-corrected chi connectivity index (χ3v) is 3.31. The van der Waals surface area contributed by atoms with Gasteiger partial charge in [-0.05, 0) is 46.7 Å². The lowest BCUT2D eigenvalue weighted by atomic mass is 10.3. The van der Waals surface area contributed by atoms with E-state index in [0.29, 0.717) is 19.3 Å². The highest BCUT2D eigenvalue weighted by molar-refractivity contribution is 4.72. The molecule has 1 aliphatic heterocycles. The molecular formula is C14H30N2O2. The molecule has 1 fully saturated rings. The Labute approximate surface area is 112 Å². The van der Waals surface area contributed by atoms with Gasteiger partial charge in [-0.15, -0.1) is 0 Å². The summed E-state index contributed by atoms with van der Waals surface area (Å²) in [5, 5.41) is 3.56. The van der Waals surface area contributed by atoms with Gasteiger partial charge in [0.2, 0.25) is 0 Å². The van der Waals surface area contributed by atoms with Crippen LogP contribution in [0.25, 0.3) is 0 Å². The predicted molar refractivity (Wildman–Crippen MR) is 74.8 cm³/mol. The van der Waals surface area contributed by atoms with E-state index in [2.05, 4.69) is 17.1 Å². The van der Waals surface area contributed by atoms with Crippen LogP contribution in [0.1, 0.15) is 40.0 Å². The van der Waals surface area contributed by atoms with Crippen molar-refractivity contribution in [1.82, 2.24) is 10.2 Å². The topological polar surface area (TPSA) is 33.7 Å². The normalized spacial score (nSPS) is 18.7. The molecule has 108 valence electrons. The first-order chi connectivity index (χ1) is 8.76. The van der Waals surface area contributed by atoms with Crippen molar-refractivity contribution in [3.63, 3.8) is 0 Å². The first-order valence-corrected chi connectivity index (χ1v) is 7.45. The zero-order valence-electron chi connectivity index (χ0n) is 12.3. The zero-order chi connectivity index (χ0) is 13.2. The Morgan fingerprint density at radius 3 is 2.28 bits per heavy atom. The van der Waals surface area contributed by atoms with Gasteiger partial charge in [0.15, 0.2) is 6.29 Å². The molecule has 0 spiro atoms. The second-order valence-electron chi connectivity index (χ2n) is 4.99. The number of likely N-dealkylation sites (tertiary alicyclic amines) is 1. The monoisotopic (exact) mass is 258 g/mol. The first kappa shape index (κ1) is 15.9. The summed E-state index contributed by atoms with van der Waals surface area (Å²) in [6.07, 6.45) is 3.60. The van der Waals surface area contributed by atoms with E-state index in [1.54, 1.807) is 0 Å². The molecule has 0 aliphatic carbocycles. The van der Waals surface area contributed by atoms with Crippen LogP contribution in [-0.4, -0.2) is 56.6 Å². The summed E-state index contributed by atoms with van der Waals surface area (Å²) in [7, 11) is 0. The van der Waals surface area contributed by atoms with Gasteiger partial charge in [-0.25, -0.2) is 0 Å². The van der Waals surface area contributed by atoms with Gasteiger partial charge in [0.1, 0.15) is 0 Å². The summed E-state index contributed by atoms with van der Waals surface area (Å²) < 4.78 is 11.0. The average Bonchev–Trinajstić information content (AvgIpc) is 2.82. The van der Waals surface area contributed by atoms with E-state index < -0.39 is 0 Å². The summed E-state index contributed by atoms with van der Waals surface area (Å²) in [6.45, 7) is 12.4. The van der Waals surface area contributed by atoms with Crippen LogP contribution in [0.4, 0.5) is 0 Å². The number of hydrogen-bond donors (Lipinski definition) is 1. The zero-order valence-corrected chi connectivity index (χ0v) is 12.3. The molecule has 0 saturated carbocycles. The van der Waals surface area contributed by atoms with Crippen LogP contribution < -0.4 is 5.32 Å². The smallest absolute Gasteiger partial charge is 0.158 e. The maximum absolute atomic E-state index is 5.52. The van der Waals surface area contributed by atoms with E-state index in [0.717, 1.165) is 19.5 Å². The minimum atomic E-state index is -0.0495. The summed E-state index contributed by atoms with van der Waals surface area (Å²) in [5.41, 5.74) is 0. The van der Waals surface area contributed by atoms with E-state index >= 15 is 0 Å². The summed E-state index contributed by atoms with van der Waals surface area (Å²) >= 11 is 0. The van der Waals surface area contributed by atoms with Gasteiger partial charge in [0.05, 0.1) is 0 Å². The molecule has 1 heterocycles. The number of hydrogen-bond acceptors (Lipinski definition) is 4. The SMILES string of the molecule is CCOC(CCNC(C)CN1CCCC1)OCC. The Kier molecular flexibility index (Phi) is 8.59. The van der Waals surface area contributed by atoms with Crippen molar-refractivity contribution >= 4 is 0 Å². The van der Waals surface area contributed by atoms with Crippen LogP contribution in [0, 0.1) is 0 Å². The fourth-order valence-corrected chi connectivity index (χ4v) is 2.45. The molecule has 1 unspecified atom stereocenters. The maximum atomic E-state index is 5.52. The lowest BCUT2D eigenvalue weighted by Crippen LogP contribution is -2.39. The Hall–Kier alpha value is -0.160. The fourth-order valence-electron chi connectivity index (χ4n) is 2.45. The molecule has 4 heteroatoms. The van der Waals surface area contributed by atoms with E-state index in [-0.39, 0.29) is 6.29 Å². The van der Waals surface area contributed by atoms with Crippen molar-refractivity contribution in [2.75, 3.05) is 39.4 Å². The summed E-state index contributed by atoms with van der Waals surface area (Å²) in [6, 6.07) is 0.548. The van der Waals surface area contributed by atoms with E-state index in [1.165, 1.54) is 25.9 Å². The molecule has 1 rings (SSSR count). The lowest BCUT2D eigenvalue weighted by molar-refractivity contribution is -0.138. The van der Waals surface area contributed by atoms with Crippen LogP contribution in [0.15, 0.2) is 0 Å². The van der Waals surface area contributed by atoms with Crippen molar-refractivity contribution in [2.45, 2.75) is 52.4 Å². The predicted octanol–water partition coefficient (Wildman–Crippen LogP) is 1.85. The van der Waals surface area contributed by atoms with Crippen LogP contribution in [0.2, 0.25) is 0 Å². The second kappa shape index (κ2) is 9.73. The number of nitrogens with zero attached hydrogens (tertiary/aromatic N) is 1. The molecule has 1 aliphatic rings. The molecule has 0 aromatic carbocycles. The standard InChI is InChI=1S/C14H30N2O2/c1-4-17-14(18-5-2)8-9-15-13(3)12-16-10-6-7-11-16/h13-15H,4-12H2,1-3H3. The van der Waals surface area contributed by atoms with Crippen LogP contribution >= 0.6 is 0 Å². The van der Waals surface area contributed by atoms with Gasteiger partial charge in [-0.1, -0.05) is 0 Å². The van der Waals surface area contributed by atoms with Gasteiger partial charge in [-0.2, -0.15) is 0 Å². The van der Waals surface area contributed by atoms with E-state index in [4.69, 9.17) is 9.47 Å². The number of ether oxygens (including phenoxy) is 2. The molecule has 0 radical (unpaired) electrons. The fraction of sp³-hybridized carbons (Fsp3) is 1.00. The van der Waals surface area contributed by atoms with Crippen molar-refractivity contribution < 1.29 is 9.47 Å². The highest BCUT2D eigenvalue weighted by Gasteiger charge is 2.14. The molecular weight excluding hydrogens is 228 g/mol. The molecule has 1 atom stereocenters. The highest BCUT2D eigenvalue weighted by Crippen LogP contribution is 2.07. The molecule has 0 aromatic heterocycles. The van der Waals surface area contributed by atoms with Crippen LogP contribution in [0.3, 0.4) is 0 Å². The van der Waals surface area contributed by atoms with Gasteiger partial charge in [-0.3, -0.25) is 0 Å². The molecule has 0 amide bonds. The average molecular weight is 258 g/mol. The third kappa shape index (κ3) is 6.69. The van der Waals surface area contributed by atoms with Gasteiger partial charge < -0.3 is 19.7 Å². The Balaban J connectivity index is 2.06. The molecule has 4 nitrogen and oxygen atoms in total. The summed E-state index contributed by atoms with van der Waals surface area (Å²) in [5.74, 6) is 0. The first-order valence-electron chi connectivity index (χ1n) is 7.45. The van der Waals surface area contributed by atoms with Crippen molar-refractivity contribution in [1.29, 1.82) is 0 Å². The maximum Gasteiger partial charge on any atom is 0.158 e. The third-order valence-electron chi connectivity index (χ3n) is 3.31. The van der Waals surface area contributed by atoms with Crippen LogP contribution in [0.5, 0.6) is 0 Å². The Bertz CT molecular complexity index is 190. The second-order valence-corrected chi connectivity index (χ2v) is 4.99. The Morgan fingerprint density at radius 2 is 1.72 bits per heavy atom. The minimum absolute atomic E-state index is 0.0495. The molecule has 1 saturated heterocycles. The van der Waals surface area contributed by atoms with Crippen LogP contribution in [-0.2, 0) is 9.47 Å². The van der Waals surface area contributed by atoms with Crippen molar-refractivity contribution in [2.24, 2.45) is 0 Å². The van der Waals surface area contributed by atoms with Gasteiger partial charge >= 0.3 is 0 Å². The summed E-state index contributed by atoms with van der Waals surface area (Å²) in [4.78, 5) is 2.54. The molecule has 0 bridgehead atoms. The number of nitrogens with one attached hydrogen (secondary N) is 1. The highest BCUT2D eigenvalue weighted by atomic mass is 16.7. The minimum Gasteiger partial charge on any atom is -0.353 e. The van der Waals surface area contributed by atoms with E-state index in [9.17, 15) is 0 Å². The van der Waals surface area contributed by atoms with Crippen molar-refractivity contribution in [3.05, 3.63) is 0 Å². The van der Waals surface area contributed by atoms with Crippen molar-refractivity contribution in [3.8, 4) is 0 Å². The Morgan fingerprint density at radius 1 is 1.11 bits per heavy atom. The lowest BCUT2D eigenvalue weighted by Gasteiger charge is -2.22. The number of rotatable bonds is 10. The quantitative estimate of drug-likeness (QED) is 0.606.